The van der Waals surface area contributed by atoms with Gasteiger partial charge in [-0.25, -0.2) is 0 Å². The third-order valence-corrected chi connectivity index (χ3v) is 3.17. The molecule has 0 heterocycles. The van der Waals surface area contributed by atoms with Gasteiger partial charge in [-0.1, -0.05) is 13.8 Å². The highest BCUT2D eigenvalue weighted by Crippen LogP contribution is 2.33. The van der Waals surface area contributed by atoms with Gasteiger partial charge in [0, 0.05) is 0 Å². The van der Waals surface area contributed by atoms with E-state index in [2.05, 4.69) is 13.8 Å². The first kappa shape index (κ1) is 9.99. The summed E-state index contributed by atoms with van der Waals surface area (Å²) in [5.41, 5.74) is 0. The van der Waals surface area contributed by atoms with Crippen molar-refractivity contribution in [2.75, 3.05) is 6.26 Å². The van der Waals surface area contributed by atoms with Gasteiger partial charge in [0.2, 0.25) is 0 Å². The Hall–Kier alpha value is -0.0900. The average Bonchev–Trinajstić information content (AvgIpc) is 2.07. The molecule has 3 nitrogen and oxygen atoms in total. The highest BCUT2D eigenvalue weighted by atomic mass is 32.2. The first-order valence-corrected chi connectivity index (χ1v) is 6.08. The third kappa shape index (κ3) is 2.75. The fraction of sp³-hybridized carbons (Fsp3) is 1.00. The lowest BCUT2D eigenvalue weighted by Gasteiger charge is -2.07. The summed E-state index contributed by atoms with van der Waals surface area (Å²) in [6.07, 6.45) is 2.77. The van der Waals surface area contributed by atoms with Crippen molar-refractivity contribution in [3.8, 4) is 0 Å². The van der Waals surface area contributed by atoms with Crippen molar-refractivity contribution in [1.29, 1.82) is 0 Å². The van der Waals surface area contributed by atoms with Crippen LogP contribution in [0.4, 0.5) is 0 Å². The molecule has 3 atom stereocenters. The van der Waals surface area contributed by atoms with E-state index in [1.165, 1.54) is 0 Å². The highest BCUT2D eigenvalue weighted by Gasteiger charge is 2.30. The van der Waals surface area contributed by atoms with Crippen molar-refractivity contribution in [2.24, 2.45) is 11.8 Å². The lowest BCUT2D eigenvalue weighted by molar-refractivity contribution is 0.213. The van der Waals surface area contributed by atoms with Crippen molar-refractivity contribution in [1.82, 2.24) is 0 Å². The molecular formula is C8H16O3S. The molecule has 0 aromatic rings. The van der Waals surface area contributed by atoms with Crippen LogP contribution in [0.2, 0.25) is 0 Å². The molecule has 1 saturated carbocycles. The monoisotopic (exact) mass is 192 g/mol. The molecule has 0 saturated heterocycles. The van der Waals surface area contributed by atoms with Crippen LogP contribution in [0.25, 0.3) is 0 Å². The Morgan fingerprint density at radius 3 is 1.92 bits per heavy atom. The van der Waals surface area contributed by atoms with Crippen molar-refractivity contribution in [3.05, 3.63) is 0 Å². The lowest BCUT2D eigenvalue weighted by atomic mass is 10.0. The summed E-state index contributed by atoms with van der Waals surface area (Å²) in [6, 6.07) is 0. The van der Waals surface area contributed by atoms with Crippen LogP contribution < -0.4 is 0 Å². The molecule has 0 aliphatic heterocycles. The molecular weight excluding hydrogens is 176 g/mol. The zero-order chi connectivity index (χ0) is 9.35. The largest absolute Gasteiger partial charge is 0.267 e. The maximum Gasteiger partial charge on any atom is 0.264 e. The number of hydrogen-bond acceptors (Lipinski definition) is 3. The molecule has 0 aromatic carbocycles. The van der Waals surface area contributed by atoms with E-state index in [1.807, 2.05) is 0 Å². The first-order chi connectivity index (χ1) is 5.38. The molecule has 1 aliphatic rings. The first-order valence-electron chi connectivity index (χ1n) is 4.26. The van der Waals surface area contributed by atoms with E-state index < -0.39 is 10.1 Å². The summed E-state index contributed by atoms with van der Waals surface area (Å²) < 4.78 is 26.5. The summed E-state index contributed by atoms with van der Waals surface area (Å²) in [5, 5.41) is 0. The standard InChI is InChI=1S/C8H16O3S/c1-6-4-8(5-7(6)2)11-12(3,9)10/h6-8H,4-5H2,1-3H3/t6-,7?,8?/m0/s1. The Labute approximate surface area is 74.2 Å². The van der Waals surface area contributed by atoms with Gasteiger partial charge in [0.05, 0.1) is 12.4 Å². The van der Waals surface area contributed by atoms with Crippen LogP contribution in [0.3, 0.4) is 0 Å². The lowest BCUT2D eigenvalue weighted by Crippen LogP contribution is -2.14. The van der Waals surface area contributed by atoms with Crippen LogP contribution in [0.1, 0.15) is 26.7 Å². The third-order valence-electron chi connectivity index (χ3n) is 2.55. The van der Waals surface area contributed by atoms with Crippen LogP contribution in [-0.2, 0) is 14.3 Å². The molecule has 0 amide bonds. The number of hydrogen-bond donors (Lipinski definition) is 0. The van der Waals surface area contributed by atoms with Crippen LogP contribution >= 0.6 is 0 Å². The van der Waals surface area contributed by atoms with Crippen molar-refractivity contribution in [3.63, 3.8) is 0 Å². The molecule has 0 spiro atoms. The van der Waals surface area contributed by atoms with Crippen LogP contribution in [-0.4, -0.2) is 20.8 Å². The van der Waals surface area contributed by atoms with E-state index in [1.54, 1.807) is 0 Å². The summed E-state index contributed by atoms with van der Waals surface area (Å²) in [4.78, 5) is 0. The van der Waals surface area contributed by atoms with Crippen LogP contribution in [0, 0.1) is 11.8 Å². The second kappa shape index (κ2) is 3.34. The average molecular weight is 192 g/mol. The number of rotatable bonds is 2. The van der Waals surface area contributed by atoms with Crippen LogP contribution in [0.5, 0.6) is 0 Å². The molecule has 0 aromatic heterocycles. The minimum Gasteiger partial charge on any atom is -0.267 e. The topological polar surface area (TPSA) is 43.4 Å². The summed E-state index contributed by atoms with van der Waals surface area (Å²) >= 11 is 0. The Morgan fingerprint density at radius 1 is 1.17 bits per heavy atom. The fourth-order valence-corrected chi connectivity index (χ4v) is 2.37. The SMILES string of the molecule is CC1CC(OS(C)(=O)=O)C[C@@H]1C. The zero-order valence-electron chi connectivity index (χ0n) is 7.78. The minimum absolute atomic E-state index is 0.0787. The Balaban J connectivity index is 2.48. The maximum atomic E-state index is 10.8. The Morgan fingerprint density at radius 2 is 1.58 bits per heavy atom. The van der Waals surface area contributed by atoms with Crippen LogP contribution in [0.15, 0.2) is 0 Å². The van der Waals surface area contributed by atoms with Gasteiger partial charge >= 0.3 is 0 Å². The normalized spacial score (nSPS) is 37.1. The maximum absolute atomic E-state index is 10.8. The van der Waals surface area contributed by atoms with Gasteiger partial charge in [0.1, 0.15) is 0 Å². The molecule has 0 radical (unpaired) electrons. The predicted molar refractivity (Wildman–Crippen MR) is 47.3 cm³/mol. The summed E-state index contributed by atoms with van der Waals surface area (Å²) in [6.45, 7) is 4.27. The highest BCUT2D eigenvalue weighted by molar-refractivity contribution is 7.86. The van der Waals surface area contributed by atoms with Crippen molar-refractivity contribution >= 4 is 10.1 Å². The van der Waals surface area contributed by atoms with E-state index in [-0.39, 0.29) is 6.10 Å². The molecule has 1 fully saturated rings. The van der Waals surface area contributed by atoms with Gasteiger partial charge in [-0.2, -0.15) is 8.42 Å². The van der Waals surface area contributed by atoms with Crippen molar-refractivity contribution in [2.45, 2.75) is 32.8 Å². The molecule has 0 bridgehead atoms. The van der Waals surface area contributed by atoms with Gasteiger partial charge in [0.15, 0.2) is 0 Å². The molecule has 12 heavy (non-hydrogen) atoms. The second-order valence-corrected chi connectivity index (χ2v) is 5.45. The van der Waals surface area contributed by atoms with E-state index in [4.69, 9.17) is 4.18 Å². The summed E-state index contributed by atoms with van der Waals surface area (Å²) in [5.74, 6) is 1.16. The van der Waals surface area contributed by atoms with Gasteiger partial charge in [-0.05, 0) is 24.7 Å². The second-order valence-electron chi connectivity index (χ2n) is 3.85. The zero-order valence-corrected chi connectivity index (χ0v) is 8.60. The fourth-order valence-electron chi connectivity index (χ4n) is 1.72. The van der Waals surface area contributed by atoms with E-state index >= 15 is 0 Å². The molecule has 4 heteroatoms. The summed E-state index contributed by atoms with van der Waals surface area (Å²) in [7, 11) is -3.25. The van der Waals surface area contributed by atoms with Gasteiger partial charge in [0.25, 0.3) is 10.1 Å². The molecule has 1 rings (SSSR count). The molecule has 2 unspecified atom stereocenters. The van der Waals surface area contributed by atoms with Gasteiger partial charge in [-0.3, -0.25) is 4.18 Å². The van der Waals surface area contributed by atoms with Crippen molar-refractivity contribution < 1.29 is 12.6 Å². The minimum atomic E-state index is -3.25. The van der Waals surface area contributed by atoms with Gasteiger partial charge in [-0.15, -0.1) is 0 Å². The van der Waals surface area contributed by atoms with Gasteiger partial charge < -0.3 is 0 Å². The predicted octanol–water partition coefficient (Wildman–Crippen LogP) is 1.40. The smallest absolute Gasteiger partial charge is 0.264 e. The Bertz CT molecular complexity index is 235. The van der Waals surface area contributed by atoms with E-state index in [0.717, 1.165) is 19.1 Å². The molecule has 72 valence electrons. The molecule has 0 N–H and O–H groups in total. The Kier molecular flexibility index (Phi) is 2.78. The van der Waals surface area contributed by atoms with E-state index in [9.17, 15) is 8.42 Å². The van der Waals surface area contributed by atoms with E-state index in [0.29, 0.717) is 11.8 Å². The molecule has 1 aliphatic carbocycles. The quantitative estimate of drug-likeness (QED) is 0.621.